The monoisotopic (exact) mass is 876 g/mol. The molecule has 3 atom stereocenters. The maximum atomic E-state index is 13.7. The number of anilines is 2. The normalized spacial score (nSPS) is 30.1. The number of aromatic nitrogens is 2. The van der Waals surface area contributed by atoms with E-state index in [1.165, 1.54) is 32.1 Å². The van der Waals surface area contributed by atoms with Gasteiger partial charge >= 0.3 is 0 Å². The van der Waals surface area contributed by atoms with E-state index in [9.17, 15) is 29.1 Å². The Morgan fingerprint density at radius 2 is 1.66 bits per heavy atom. The van der Waals surface area contributed by atoms with E-state index in [0.717, 1.165) is 80.1 Å². The largest absolute Gasteiger partial charge is 0.386 e. The summed E-state index contributed by atoms with van der Waals surface area (Å²) in [6.07, 6.45) is 17.7. The lowest BCUT2D eigenvalue weighted by Crippen LogP contribution is -2.54. The van der Waals surface area contributed by atoms with E-state index in [1.54, 1.807) is 26.0 Å². The number of nitrogens with one attached hydrogen (secondary N) is 3. The number of hydrogen-bond donors (Lipinski definition) is 4. The van der Waals surface area contributed by atoms with Gasteiger partial charge in [0.25, 0.3) is 11.8 Å². The molecule has 0 radical (unpaired) electrons. The van der Waals surface area contributed by atoms with Crippen molar-refractivity contribution in [2.75, 3.05) is 24.2 Å². The minimum Gasteiger partial charge on any atom is -0.386 e. The predicted octanol–water partition coefficient (Wildman–Crippen LogP) is 8.32. The molecule has 4 aliphatic carbocycles. The molecule has 13 nitrogen and oxygen atoms in total. The lowest BCUT2D eigenvalue weighted by molar-refractivity contribution is -0.136. The minimum atomic E-state index is -1.14. The highest BCUT2D eigenvalue weighted by atomic mass is 16.3. The summed E-state index contributed by atoms with van der Waals surface area (Å²) < 4.78 is 2.14. The molecule has 64 heavy (non-hydrogen) atoms. The number of benzene rings is 2. The molecule has 3 unspecified atom stereocenters. The first kappa shape index (κ1) is 44.6. The average molecular weight is 876 g/mol. The van der Waals surface area contributed by atoms with Crippen LogP contribution in [0.15, 0.2) is 36.5 Å². The van der Waals surface area contributed by atoms with E-state index >= 15 is 0 Å². The smallest absolute Gasteiger partial charge is 0.264 e. The van der Waals surface area contributed by atoms with Crippen LogP contribution in [0.1, 0.15) is 170 Å². The summed E-state index contributed by atoms with van der Waals surface area (Å²) in [4.78, 5) is 68.6. The highest BCUT2D eigenvalue weighted by molar-refractivity contribution is 6.25. The molecule has 5 amide bonds. The van der Waals surface area contributed by atoms with Crippen LogP contribution in [0.4, 0.5) is 11.4 Å². The van der Waals surface area contributed by atoms with Crippen LogP contribution in [0.5, 0.6) is 0 Å². The Morgan fingerprint density at radius 3 is 2.34 bits per heavy atom. The van der Waals surface area contributed by atoms with Crippen molar-refractivity contribution in [1.82, 2.24) is 24.9 Å². The maximum absolute atomic E-state index is 13.7. The Hall–Kier alpha value is -4.62. The van der Waals surface area contributed by atoms with Crippen LogP contribution < -0.4 is 16.0 Å². The SMILES string of the molecule is CN(CC1CCC(n2cc3cc(NC(=O)C4CCCC(C(C)(C)C)C4)c(C(C)(C)O)cc3n2)CC1)C1CCC2(CC1)CC(Nc1cccc3c1C(=O)N(C1CCC(=O)NC1=O)C3=O)C2. The van der Waals surface area contributed by atoms with Crippen molar-refractivity contribution in [2.45, 2.75) is 167 Å². The molecule has 1 spiro atoms. The fraction of sp³-hybridized carbons (Fsp3) is 0.647. The second kappa shape index (κ2) is 17.0. The predicted molar refractivity (Wildman–Crippen MR) is 247 cm³/mol. The Bertz CT molecular complexity index is 2320. The standard InChI is InChI=1S/C51H69N7O6/c1-49(2,3)33-10-7-9-31(23-33)45(60)53-41-24-32-29-57(55-40(32)25-38(41)50(4,5)64)36-15-13-30(14-16-36)28-56(6)35-19-21-51(22-20-35)26-34(27-51)52-39-12-8-11-37-44(39)48(63)58(47(37)62)42-17-18-43(59)54-46(42)61/h8,11-12,24-25,29-31,33-36,42,52,64H,7,9-10,13-23,26-28H2,1-6H3,(H,53,60)(H,54,59,61). The van der Waals surface area contributed by atoms with E-state index in [1.807, 2.05) is 18.2 Å². The second-order valence-corrected chi connectivity index (χ2v) is 22.3. The zero-order valence-corrected chi connectivity index (χ0v) is 38.8. The molecule has 6 aliphatic rings. The van der Waals surface area contributed by atoms with Gasteiger partial charge in [-0.15, -0.1) is 0 Å². The van der Waals surface area contributed by atoms with Gasteiger partial charge in [0.1, 0.15) is 6.04 Å². The summed E-state index contributed by atoms with van der Waals surface area (Å²) in [6.45, 7) is 11.5. The van der Waals surface area contributed by atoms with Gasteiger partial charge in [0.05, 0.1) is 28.3 Å². The molecule has 1 saturated heterocycles. The van der Waals surface area contributed by atoms with Crippen molar-refractivity contribution in [3.8, 4) is 0 Å². The van der Waals surface area contributed by atoms with E-state index in [-0.39, 0.29) is 42.0 Å². The molecular weight excluding hydrogens is 807 g/mol. The molecule has 2 aromatic carbocycles. The molecule has 0 bridgehead atoms. The average Bonchev–Trinajstić information content (AvgIpc) is 3.77. The number of nitrogens with zero attached hydrogens (tertiary/aromatic N) is 4. The topological polar surface area (TPSA) is 166 Å². The van der Waals surface area contributed by atoms with Gasteiger partial charge < -0.3 is 20.6 Å². The van der Waals surface area contributed by atoms with Crippen molar-refractivity contribution in [3.63, 3.8) is 0 Å². The summed E-state index contributed by atoms with van der Waals surface area (Å²) >= 11 is 0. The number of carbonyl (C=O) groups excluding carboxylic acids is 5. The molecule has 13 heteroatoms. The highest BCUT2D eigenvalue weighted by Gasteiger charge is 2.49. The third-order valence-electron chi connectivity index (χ3n) is 16.4. The van der Waals surface area contributed by atoms with Crippen LogP contribution >= 0.6 is 0 Å². The highest BCUT2D eigenvalue weighted by Crippen LogP contribution is 2.53. The van der Waals surface area contributed by atoms with Crippen molar-refractivity contribution in [3.05, 3.63) is 53.2 Å². The third kappa shape index (κ3) is 8.75. The fourth-order valence-corrected chi connectivity index (χ4v) is 12.5. The Morgan fingerprint density at radius 1 is 0.922 bits per heavy atom. The molecule has 3 heterocycles. The Balaban J connectivity index is 0.750. The van der Waals surface area contributed by atoms with E-state index in [4.69, 9.17) is 5.10 Å². The first-order valence-electron chi connectivity index (χ1n) is 24.2. The molecule has 2 aliphatic heterocycles. The third-order valence-corrected chi connectivity index (χ3v) is 16.4. The van der Waals surface area contributed by atoms with Crippen molar-refractivity contribution < 1.29 is 29.1 Å². The molecule has 1 aromatic heterocycles. The van der Waals surface area contributed by atoms with Gasteiger partial charge in [-0.05, 0) is 158 Å². The minimum absolute atomic E-state index is 0.0225. The number of piperidine rings is 1. The number of rotatable bonds is 10. The number of amides is 5. The van der Waals surface area contributed by atoms with Crippen molar-refractivity contribution in [2.24, 2.45) is 28.6 Å². The summed E-state index contributed by atoms with van der Waals surface area (Å²) in [5.41, 5.74) is 2.87. The number of aliphatic hydroxyl groups is 1. The quantitative estimate of drug-likeness (QED) is 0.147. The van der Waals surface area contributed by atoms with E-state index in [0.29, 0.717) is 57.4 Å². The molecule has 9 rings (SSSR count). The first-order valence-corrected chi connectivity index (χ1v) is 24.2. The van der Waals surface area contributed by atoms with Gasteiger partial charge in [-0.2, -0.15) is 5.10 Å². The maximum Gasteiger partial charge on any atom is 0.264 e. The number of carbonyl (C=O) groups is 5. The molecule has 4 saturated carbocycles. The van der Waals surface area contributed by atoms with Crippen LogP contribution in [-0.2, 0) is 20.0 Å². The molecular formula is C51H69N7O6. The lowest BCUT2D eigenvalue weighted by atomic mass is 9.57. The van der Waals surface area contributed by atoms with Gasteiger partial charge in [-0.1, -0.05) is 33.3 Å². The van der Waals surface area contributed by atoms with Gasteiger partial charge in [-0.3, -0.25) is 38.9 Å². The molecule has 4 N–H and O–H groups in total. The Labute approximate surface area is 377 Å². The van der Waals surface area contributed by atoms with E-state index < -0.39 is 29.4 Å². The molecule has 344 valence electrons. The zero-order chi connectivity index (χ0) is 45.3. The van der Waals surface area contributed by atoms with Crippen LogP contribution in [0.3, 0.4) is 0 Å². The van der Waals surface area contributed by atoms with Crippen LogP contribution in [0, 0.1) is 28.6 Å². The fourth-order valence-electron chi connectivity index (χ4n) is 12.5. The summed E-state index contributed by atoms with van der Waals surface area (Å²) in [5, 5.41) is 26.4. The van der Waals surface area contributed by atoms with E-state index in [2.05, 4.69) is 59.5 Å². The zero-order valence-electron chi connectivity index (χ0n) is 38.8. The van der Waals surface area contributed by atoms with Crippen LogP contribution in [-0.4, -0.2) is 85.9 Å². The molecule has 5 fully saturated rings. The summed E-state index contributed by atoms with van der Waals surface area (Å²) in [6, 6.07) is 9.41. The lowest BCUT2D eigenvalue weighted by Gasteiger charge is -2.53. The van der Waals surface area contributed by atoms with Gasteiger partial charge in [0.15, 0.2) is 0 Å². The number of imide groups is 2. The van der Waals surface area contributed by atoms with Gasteiger partial charge in [0.2, 0.25) is 17.7 Å². The van der Waals surface area contributed by atoms with Crippen LogP contribution in [0.25, 0.3) is 10.9 Å². The van der Waals surface area contributed by atoms with Crippen molar-refractivity contribution in [1.29, 1.82) is 0 Å². The van der Waals surface area contributed by atoms with Gasteiger partial charge in [-0.25, -0.2) is 0 Å². The molecule has 3 aromatic rings. The number of fused-ring (bicyclic) bond motifs is 2. The second-order valence-electron chi connectivity index (χ2n) is 22.3. The summed E-state index contributed by atoms with van der Waals surface area (Å²) in [5.74, 6) is -0.727. The van der Waals surface area contributed by atoms with Crippen LogP contribution in [0.2, 0.25) is 0 Å². The first-order chi connectivity index (χ1) is 30.4. The van der Waals surface area contributed by atoms with Crippen molar-refractivity contribution >= 4 is 51.8 Å². The van der Waals surface area contributed by atoms with Gasteiger partial charge in [0, 0.05) is 59.5 Å². The number of hydrogen-bond acceptors (Lipinski definition) is 9. The summed E-state index contributed by atoms with van der Waals surface area (Å²) in [7, 11) is 2.31. The Kier molecular flexibility index (Phi) is 11.8.